The molecule has 1 aliphatic carbocycles. The summed E-state index contributed by atoms with van der Waals surface area (Å²) in [5.41, 5.74) is 1.32. The standard InChI is InChI=1S/C25H32N2O5S/c1-18(31-20-13-11-19(12-14-20)27(2)33(3,29)30)24(28)26-22-17-25(15-7-4-8-16-25)32-23-10-6-5-9-21(22)23/h5-6,9-14,18,22H,4,7-8,15-17H2,1-3H3,(H,26,28). The average Bonchev–Trinajstić information content (AvgIpc) is 2.79. The first-order valence-corrected chi connectivity index (χ1v) is 13.3. The van der Waals surface area contributed by atoms with Crippen molar-refractivity contribution in [2.24, 2.45) is 0 Å². The Labute approximate surface area is 196 Å². The van der Waals surface area contributed by atoms with Gasteiger partial charge in [-0.25, -0.2) is 8.42 Å². The van der Waals surface area contributed by atoms with E-state index in [4.69, 9.17) is 9.47 Å². The molecule has 2 aromatic rings. The predicted octanol–water partition coefficient (Wildman–Crippen LogP) is 4.19. The quantitative estimate of drug-likeness (QED) is 0.681. The van der Waals surface area contributed by atoms with Gasteiger partial charge >= 0.3 is 0 Å². The van der Waals surface area contributed by atoms with E-state index in [1.54, 1.807) is 31.2 Å². The van der Waals surface area contributed by atoms with E-state index in [1.807, 2.05) is 24.3 Å². The number of sulfonamides is 1. The molecule has 178 valence electrons. The monoisotopic (exact) mass is 472 g/mol. The maximum Gasteiger partial charge on any atom is 0.261 e. The van der Waals surface area contributed by atoms with Crippen molar-refractivity contribution in [1.29, 1.82) is 0 Å². The smallest absolute Gasteiger partial charge is 0.261 e. The lowest BCUT2D eigenvalue weighted by atomic mass is 9.77. The van der Waals surface area contributed by atoms with E-state index in [0.717, 1.165) is 49.7 Å². The van der Waals surface area contributed by atoms with Gasteiger partial charge in [-0.2, -0.15) is 0 Å². The van der Waals surface area contributed by atoms with Crippen molar-refractivity contribution in [3.63, 3.8) is 0 Å². The second kappa shape index (κ2) is 9.25. The van der Waals surface area contributed by atoms with Crippen LogP contribution in [-0.4, -0.2) is 39.3 Å². The second-order valence-corrected chi connectivity index (χ2v) is 11.1. The molecular formula is C25H32N2O5S. The molecule has 0 radical (unpaired) electrons. The highest BCUT2D eigenvalue weighted by Gasteiger charge is 2.42. The minimum atomic E-state index is -3.34. The van der Waals surface area contributed by atoms with Gasteiger partial charge in [0.2, 0.25) is 10.0 Å². The van der Waals surface area contributed by atoms with Crippen molar-refractivity contribution in [2.75, 3.05) is 17.6 Å². The van der Waals surface area contributed by atoms with Gasteiger partial charge in [-0.1, -0.05) is 24.6 Å². The zero-order chi connectivity index (χ0) is 23.6. The van der Waals surface area contributed by atoms with Gasteiger partial charge < -0.3 is 14.8 Å². The van der Waals surface area contributed by atoms with E-state index in [2.05, 4.69) is 5.32 Å². The molecule has 2 aromatic carbocycles. The normalized spacial score (nSPS) is 20.3. The van der Waals surface area contributed by atoms with Crippen LogP contribution in [0.4, 0.5) is 5.69 Å². The third-order valence-electron chi connectivity index (χ3n) is 6.66. The third-order valence-corrected chi connectivity index (χ3v) is 7.86. The Morgan fingerprint density at radius 3 is 2.45 bits per heavy atom. The Hall–Kier alpha value is -2.74. The van der Waals surface area contributed by atoms with Gasteiger partial charge in [0.1, 0.15) is 17.1 Å². The maximum absolute atomic E-state index is 13.0. The third kappa shape index (κ3) is 5.27. The molecule has 8 heteroatoms. The van der Waals surface area contributed by atoms with Crippen LogP contribution in [0.15, 0.2) is 48.5 Å². The summed E-state index contributed by atoms with van der Waals surface area (Å²) in [6.07, 6.45) is 6.74. The highest BCUT2D eigenvalue weighted by atomic mass is 32.2. The molecule has 1 heterocycles. The molecule has 1 N–H and O–H groups in total. The van der Waals surface area contributed by atoms with E-state index < -0.39 is 16.1 Å². The first-order chi connectivity index (χ1) is 15.7. The number of ether oxygens (including phenoxy) is 2. The zero-order valence-electron chi connectivity index (χ0n) is 19.4. The molecule has 2 atom stereocenters. The maximum atomic E-state index is 13.0. The van der Waals surface area contributed by atoms with Gasteiger partial charge in [-0.3, -0.25) is 9.10 Å². The molecule has 7 nitrogen and oxygen atoms in total. The topological polar surface area (TPSA) is 84.9 Å². The van der Waals surface area contributed by atoms with E-state index >= 15 is 0 Å². The highest BCUT2D eigenvalue weighted by molar-refractivity contribution is 7.92. The number of carbonyl (C=O) groups is 1. The lowest BCUT2D eigenvalue weighted by Crippen LogP contribution is -2.48. The van der Waals surface area contributed by atoms with Crippen molar-refractivity contribution in [1.82, 2.24) is 5.32 Å². The number of benzene rings is 2. The Kier molecular flexibility index (Phi) is 6.56. The number of nitrogens with zero attached hydrogens (tertiary/aromatic N) is 1. The van der Waals surface area contributed by atoms with Crippen LogP contribution in [0.2, 0.25) is 0 Å². The Morgan fingerprint density at radius 1 is 1.12 bits per heavy atom. The fraction of sp³-hybridized carbons (Fsp3) is 0.480. The molecule has 2 aliphatic rings. The molecule has 0 aromatic heterocycles. The summed E-state index contributed by atoms with van der Waals surface area (Å²) >= 11 is 0. The summed E-state index contributed by atoms with van der Waals surface area (Å²) < 4.78 is 36.9. The molecular weight excluding hydrogens is 440 g/mol. The van der Waals surface area contributed by atoms with E-state index in [0.29, 0.717) is 11.4 Å². The Bertz CT molecular complexity index is 1090. The minimum Gasteiger partial charge on any atom is -0.487 e. The lowest BCUT2D eigenvalue weighted by molar-refractivity contribution is -0.128. The van der Waals surface area contributed by atoms with E-state index in [-0.39, 0.29) is 17.6 Å². The van der Waals surface area contributed by atoms with Gasteiger partial charge in [-0.15, -0.1) is 0 Å². The van der Waals surface area contributed by atoms with Crippen molar-refractivity contribution in [3.05, 3.63) is 54.1 Å². The predicted molar refractivity (Wildman–Crippen MR) is 128 cm³/mol. The Morgan fingerprint density at radius 2 is 1.79 bits per heavy atom. The van der Waals surface area contributed by atoms with Crippen LogP contribution < -0.4 is 19.1 Å². The minimum absolute atomic E-state index is 0.127. The fourth-order valence-corrected chi connectivity index (χ4v) is 5.23. The van der Waals surface area contributed by atoms with Crippen molar-refractivity contribution < 1.29 is 22.7 Å². The van der Waals surface area contributed by atoms with Crippen LogP contribution in [0.25, 0.3) is 0 Å². The molecule has 33 heavy (non-hydrogen) atoms. The lowest BCUT2D eigenvalue weighted by Gasteiger charge is -2.44. The van der Waals surface area contributed by atoms with Gasteiger partial charge in [0, 0.05) is 19.0 Å². The molecule has 0 saturated heterocycles. The molecule has 0 bridgehead atoms. The van der Waals surface area contributed by atoms with Crippen molar-refractivity contribution in [3.8, 4) is 11.5 Å². The van der Waals surface area contributed by atoms with Gasteiger partial charge in [0.05, 0.1) is 18.0 Å². The molecule has 1 aliphatic heterocycles. The fourth-order valence-electron chi connectivity index (χ4n) is 4.72. The van der Waals surface area contributed by atoms with E-state index in [9.17, 15) is 13.2 Å². The van der Waals surface area contributed by atoms with Gasteiger partial charge in [0.15, 0.2) is 6.10 Å². The molecule has 2 unspecified atom stereocenters. The van der Waals surface area contributed by atoms with Crippen LogP contribution in [0.3, 0.4) is 0 Å². The SMILES string of the molecule is CC(Oc1ccc(N(C)S(C)(=O)=O)cc1)C(=O)NC1CC2(CCCCC2)Oc2ccccc21. The Balaban J connectivity index is 1.44. The summed E-state index contributed by atoms with van der Waals surface area (Å²) in [6, 6.07) is 14.5. The number of fused-ring (bicyclic) bond motifs is 1. The molecule has 1 spiro atoms. The number of anilines is 1. The summed E-state index contributed by atoms with van der Waals surface area (Å²) in [5, 5.41) is 3.18. The molecule has 1 fully saturated rings. The van der Waals surface area contributed by atoms with Gasteiger partial charge in [0.25, 0.3) is 5.91 Å². The molecule has 1 saturated carbocycles. The number of hydrogen-bond acceptors (Lipinski definition) is 5. The number of amides is 1. The van der Waals surface area contributed by atoms with Crippen LogP contribution >= 0.6 is 0 Å². The van der Waals surface area contributed by atoms with Crippen LogP contribution in [0.1, 0.15) is 57.1 Å². The van der Waals surface area contributed by atoms with Crippen LogP contribution in [0, 0.1) is 0 Å². The average molecular weight is 473 g/mol. The van der Waals surface area contributed by atoms with Crippen LogP contribution in [0.5, 0.6) is 11.5 Å². The van der Waals surface area contributed by atoms with Crippen LogP contribution in [-0.2, 0) is 14.8 Å². The largest absolute Gasteiger partial charge is 0.487 e. The van der Waals surface area contributed by atoms with Crippen molar-refractivity contribution >= 4 is 21.6 Å². The van der Waals surface area contributed by atoms with Gasteiger partial charge in [-0.05, 0) is 62.9 Å². The number of rotatable bonds is 6. The molecule has 1 amide bonds. The second-order valence-electron chi connectivity index (χ2n) is 9.13. The number of para-hydroxylation sites is 1. The summed E-state index contributed by atoms with van der Waals surface area (Å²) in [4.78, 5) is 13.0. The number of carbonyl (C=O) groups excluding carboxylic acids is 1. The summed E-state index contributed by atoms with van der Waals surface area (Å²) in [7, 11) is -1.85. The first-order valence-electron chi connectivity index (χ1n) is 11.5. The van der Waals surface area contributed by atoms with Crippen molar-refractivity contribution in [2.45, 2.75) is 63.2 Å². The number of nitrogens with one attached hydrogen (secondary N) is 1. The van der Waals surface area contributed by atoms with E-state index in [1.165, 1.54) is 17.8 Å². The summed E-state index contributed by atoms with van der Waals surface area (Å²) in [6.45, 7) is 1.72. The molecule has 4 rings (SSSR count). The summed E-state index contributed by atoms with van der Waals surface area (Å²) in [5.74, 6) is 1.16. The zero-order valence-corrected chi connectivity index (χ0v) is 20.2. The number of hydrogen-bond donors (Lipinski definition) is 1. The first kappa shape index (κ1) is 23.4. The highest BCUT2D eigenvalue weighted by Crippen LogP contribution is 2.46.